The van der Waals surface area contributed by atoms with Crippen LogP contribution in [0.25, 0.3) is 10.8 Å². The topological polar surface area (TPSA) is 88.9 Å². The van der Waals surface area contributed by atoms with E-state index in [1.54, 1.807) is 24.3 Å². The van der Waals surface area contributed by atoms with Crippen molar-refractivity contribution in [3.63, 3.8) is 0 Å². The van der Waals surface area contributed by atoms with Gasteiger partial charge >= 0.3 is 0 Å². The maximum Gasteiger partial charge on any atom is 0.225 e. The van der Waals surface area contributed by atoms with Crippen molar-refractivity contribution in [2.45, 2.75) is 31.6 Å². The average molecular weight is 486 g/mol. The van der Waals surface area contributed by atoms with Gasteiger partial charge in [0.1, 0.15) is 0 Å². The van der Waals surface area contributed by atoms with E-state index in [0.717, 1.165) is 22.1 Å². The van der Waals surface area contributed by atoms with Gasteiger partial charge in [0.15, 0.2) is 16.8 Å². The molecular weight excluding hydrogens is 458 g/mol. The molecule has 0 aliphatic rings. The Hall–Kier alpha value is -3.91. The fourth-order valence-corrected chi connectivity index (χ4v) is 4.57. The van der Waals surface area contributed by atoms with Crippen molar-refractivity contribution in [3.8, 4) is 0 Å². The minimum absolute atomic E-state index is 0.00500. The van der Waals surface area contributed by atoms with Crippen LogP contribution in [0.2, 0.25) is 0 Å². The van der Waals surface area contributed by atoms with Crippen LogP contribution in [0.4, 0.5) is 11.4 Å². The Labute approximate surface area is 208 Å². The number of thioether (sulfide) groups is 1. The molecule has 3 aromatic carbocycles. The normalized spacial score (nSPS) is 10.8. The summed E-state index contributed by atoms with van der Waals surface area (Å²) in [4.78, 5) is 23.7. The summed E-state index contributed by atoms with van der Waals surface area (Å²) in [5.41, 5.74) is 2.32. The van der Waals surface area contributed by atoms with E-state index in [2.05, 4.69) is 51.7 Å². The summed E-state index contributed by atoms with van der Waals surface area (Å²) in [5.74, 6) is 1.26. The molecular formula is C27H27N5O2S. The molecule has 0 aliphatic heterocycles. The van der Waals surface area contributed by atoms with Gasteiger partial charge in [-0.3, -0.25) is 9.59 Å². The first-order valence-electron chi connectivity index (χ1n) is 11.3. The molecule has 0 fully saturated rings. The largest absolute Gasteiger partial charge is 0.377 e. The molecule has 4 aromatic rings. The number of fused-ring (bicyclic) bond motifs is 1. The molecule has 178 valence electrons. The molecule has 0 bridgehead atoms. The highest BCUT2D eigenvalue weighted by Crippen LogP contribution is 2.24. The monoisotopic (exact) mass is 485 g/mol. The molecule has 1 amide bonds. The van der Waals surface area contributed by atoms with Crippen LogP contribution in [0.3, 0.4) is 0 Å². The quantitative estimate of drug-likeness (QED) is 0.164. The Morgan fingerprint density at radius 1 is 1.03 bits per heavy atom. The highest BCUT2D eigenvalue weighted by atomic mass is 32.2. The summed E-state index contributed by atoms with van der Waals surface area (Å²) in [5, 5.41) is 18.1. The van der Waals surface area contributed by atoms with Crippen LogP contribution in [0.5, 0.6) is 0 Å². The SMILES string of the molecule is C=CCn1c(CNc2cccc3ccccc23)nnc1SCCC(=O)Nc1ccc(C(C)=O)cc1. The molecule has 0 saturated heterocycles. The predicted molar refractivity (Wildman–Crippen MR) is 142 cm³/mol. The van der Waals surface area contributed by atoms with E-state index in [0.29, 0.717) is 36.5 Å². The maximum atomic E-state index is 12.3. The van der Waals surface area contributed by atoms with Crippen molar-refractivity contribution < 1.29 is 9.59 Å². The van der Waals surface area contributed by atoms with Crippen molar-refractivity contribution in [2.75, 3.05) is 16.4 Å². The number of aromatic nitrogens is 3. The minimum Gasteiger partial charge on any atom is -0.377 e. The number of carbonyl (C=O) groups is 2. The van der Waals surface area contributed by atoms with E-state index >= 15 is 0 Å². The first kappa shape index (κ1) is 24.2. The Kier molecular flexibility index (Phi) is 7.95. The average Bonchev–Trinajstić information content (AvgIpc) is 3.24. The maximum absolute atomic E-state index is 12.3. The first-order chi connectivity index (χ1) is 17.0. The zero-order chi connectivity index (χ0) is 24.6. The van der Waals surface area contributed by atoms with Crippen LogP contribution in [-0.4, -0.2) is 32.2 Å². The molecule has 0 unspecified atom stereocenters. The number of nitrogens with one attached hydrogen (secondary N) is 2. The summed E-state index contributed by atoms with van der Waals surface area (Å²) >= 11 is 1.49. The Balaban J connectivity index is 1.34. The number of anilines is 2. The zero-order valence-corrected chi connectivity index (χ0v) is 20.3. The number of Topliss-reactive ketones (excluding diaryl/α,β-unsaturated/α-hetero) is 1. The smallest absolute Gasteiger partial charge is 0.225 e. The van der Waals surface area contributed by atoms with Gasteiger partial charge in [-0.05, 0) is 42.6 Å². The summed E-state index contributed by atoms with van der Waals surface area (Å²) in [7, 11) is 0. The third-order valence-corrected chi connectivity index (χ3v) is 6.44. The predicted octanol–water partition coefficient (Wildman–Crippen LogP) is 5.55. The van der Waals surface area contributed by atoms with E-state index in [9.17, 15) is 9.59 Å². The summed E-state index contributed by atoms with van der Waals surface area (Å²) < 4.78 is 2.01. The lowest BCUT2D eigenvalue weighted by molar-refractivity contribution is -0.115. The number of hydrogen-bond donors (Lipinski definition) is 2. The molecule has 4 rings (SSSR count). The first-order valence-corrected chi connectivity index (χ1v) is 12.3. The number of ketones is 1. The van der Waals surface area contributed by atoms with E-state index in [4.69, 9.17) is 0 Å². The van der Waals surface area contributed by atoms with Crippen LogP contribution >= 0.6 is 11.8 Å². The van der Waals surface area contributed by atoms with Crippen LogP contribution in [0, 0.1) is 0 Å². The van der Waals surface area contributed by atoms with E-state index in [-0.39, 0.29) is 11.7 Å². The molecule has 1 aromatic heterocycles. The van der Waals surface area contributed by atoms with Crippen molar-refractivity contribution in [1.82, 2.24) is 14.8 Å². The molecule has 0 spiro atoms. The highest BCUT2D eigenvalue weighted by molar-refractivity contribution is 7.99. The Morgan fingerprint density at radius 2 is 1.80 bits per heavy atom. The fourth-order valence-electron chi connectivity index (χ4n) is 3.67. The molecule has 0 radical (unpaired) electrons. The van der Waals surface area contributed by atoms with Crippen LogP contribution < -0.4 is 10.6 Å². The van der Waals surface area contributed by atoms with Gasteiger partial charge < -0.3 is 15.2 Å². The van der Waals surface area contributed by atoms with Gasteiger partial charge in [-0.2, -0.15) is 0 Å². The number of carbonyl (C=O) groups excluding carboxylic acids is 2. The van der Waals surface area contributed by atoms with Gasteiger partial charge in [0, 0.05) is 41.0 Å². The van der Waals surface area contributed by atoms with Gasteiger partial charge in [0.2, 0.25) is 5.91 Å². The van der Waals surface area contributed by atoms with Gasteiger partial charge in [-0.15, -0.1) is 16.8 Å². The van der Waals surface area contributed by atoms with Gasteiger partial charge in [-0.25, -0.2) is 0 Å². The van der Waals surface area contributed by atoms with Crippen LogP contribution in [0.15, 0.2) is 84.5 Å². The van der Waals surface area contributed by atoms with Gasteiger partial charge in [-0.1, -0.05) is 54.2 Å². The van der Waals surface area contributed by atoms with Crippen molar-refractivity contribution >= 4 is 45.6 Å². The number of rotatable bonds is 11. The third-order valence-electron chi connectivity index (χ3n) is 5.47. The third kappa shape index (κ3) is 6.16. The number of allylic oxidation sites excluding steroid dienone is 1. The molecule has 0 aliphatic carbocycles. The van der Waals surface area contributed by atoms with Crippen LogP contribution in [0.1, 0.15) is 29.5 Å². The molecule has 7 nitrogen and oxygen atoms in total. The Morgan fingerprint density at radius 3 is 2.57 bits per heavy atom. The van der Waals surface area contributed by atoms with Crippen molar-refractivity contribution in [2.24, 2.45) is 0 Å². The highest BCUT2D eigenvalue weighted by Gasteiger charge is 2.13. The van der Waals surface area contributed by atoms with Crippen LogP contribution in [-0.2, 0) is 17.9 Å². The Bertz CT molecular complexity index is 1340. The second-order valence-electron chi connectivity index (χ2n) is 7.96. The van der Waals surface area contributed by atoms with Gasteiger partial charge in [0.05, 0.1) is 6.54 Å². The van der Waals surface area contributed by atoms with Gasteiger partial charge in [0.25, 0.3) is 0 Å². The lowest BCUT2D eigenvalue weighted by Crippen LogP contribution is -2.13. The molecule has 0 atom stereocenters. The summed E-state index contributed by atoms with van der Waals surface area (Å²) in [6.45, 7) is 6.47. The second kappa shape index (κ2) is 11.5. The molecule has 0 saturated carbocycles. The minimum atomic E-state index is -0.0966. The summed E-state index contributed by atoms with van der Waals surface area (Å²) in [6.07, 6.45) is 2.13. The van der Waals surface area contributed by atoms with E-state index in [1.165, 1.54) is 24.1 Å². The molecule has 35 heavy (non-hydrogen) atoms. The molecule has 1 heterocycles. The van der Waals surface area contributed by atoms with E-state index < -0.39 is 0 Å². The number of nitrogens with zero attached hydrogens (tertiary/aromatic N) is 3. The molecule has 2 N–H and O–H groups in total. The number of amides is 1. The number of benzene rings is 3. The lowest BCUT2D eigenvalue weighted by atomic mass is 10.1. The number of hydrogen-bond acceptors (Lipinski definition) is 6. The standard InChI is InChI=1S/C27H27N5O2S/c1-3-16-32-25(18-28-24-10-6-8-21-7-4-5-9-23(21)24)30-31-27(32)35-17-15-26(34)29-22-13-11-20(12-14-22)19(2)33/h3-14,28H,1,15-18H2,2H3,(H,29,34). The summed E-state index contributed by atoms with van der Waals surface area (Å²) in [6, 6.07) is 21.3. The van der Waals surface area contributed by atoms with Crippen molar-refractivity contribution in [3.05, 3.63) is 90.8 Å². The van der Waals surface area contributed by atoms with Crippen molar-refractivity contribution in [1.29, 1.82) is 0 Å². The lowest BCUT2D eigenvalue weighted by Gasteiger charge is -2.11. The zero-order valence-electron chi connectivity index (χ0n) is 19.5. The fraction of sp³-hybridized carbons (Fsp3) is 0.185. The van der Waals surface area contributed by atoms with E-state index in [1.807, 2.05) is 28.8 Å². The second-order valence-corrected chi connectivity index (χ2v) is 9.02. The molecule has 8 heteroatoms.